The topological polar surface area (TPSA) is 64.3 Å². The minimum Gasteiger partial charge on any atom is -0.456 e. The van der Waals surface area contributed by atoms with E-state index >= 15 is 0 Å². The second-order valence-corrected chi connectivity index (χ2v) is 23.3. The molecule has 0 aliphatic heterocycles. The average Bonchev–Trinajstić information content (AvgIpc) is 1.62. The number of hydrogen-bond acceptors (Lipinski definition) is 3. The van der Waals surface area contributed by atoms with Crippen LogP contribution in [0.1, 0.15) is 16.7 Å². The molecule has 0 N–H and O–H groups in total. The maximum atomic E-state index is 14.4. The standard InChI is InChI=1S/C82H47F3N4O2/c1-48-39-55(33-38-73(48)87-2)49-19-23-51(24-20-49)64-41-67(54-31-36-59(37-32-54)89-75-16-8-4-12-61(75)69-44-71-63-14-6-10-18-79(63)91-81(71)46-77(69)89)65(52-25-21-50(22-26-52)56-27-28-57(47-86)72(40-56)82(83,84)85)42-66(64)53-29-34-58(35-30-53)88-74-15-7-3-11-60(74)68-43-70-62-13-5-9-17-78(62)90-80(70)45-76(68)88/h3-46H,1H3. The number of furan rings is 2. The van der Waals surface area contributed by atoms with Gasteiger partial charge in [0.05, 0.1) is 45.8 Å². The van der Waals surface area contributed by atoms with Gasteiger partial charge in [-0.1, -0.05) is 170 Å². The Hall–Kier alpha value is -12.2. The Balaban J connectivity index is 0.854. The summed E-state index contributed by atoms with van der Waals surface area (Å²) in [6.45, 7) is 9.64. The van der Waals surface area contributed by atoms with Crippen LogP contribution >= 0.6 is 0 Å². The van der Waals surface area contributed by atoms with E-state index in [1.165, 1.54) is 6.07 Å². The summed E-state index contributed by atoms with van der Waals surface area (Å²) in [6, 6.07) is 91.7. The first-order valence-electron chi connectivity index (χ1n) is 29.9. The van der Waals surface area contributed by atoms with Crippen LogP contribution in [-0.2, 0) is 6.18 Å². The Bertz CT molecular complexity index is 5950. The van der Waals surface area contributed by atoms with Crippen LogP contribution in [0.15, 0.2) is 276 Å². The number of rotatable bonds is 8. The molecule has 0 bridgehead atoms. The normalized spacial score (nSPS) is 11.9. The lowest BCUT2D eigenvalue weighted by atomic mass is 9.85. The number of nitriles is 1. The molecule has 0 amide bonds. The molecular formula is C82H47F3N4O2. The van der Waals surface area contributed by atoms with Crippen LogP contribution in [0.4, 0.5) is 18.9 Å². The second kappa shape index (κ2) is 20.5. The highest BCUT2D eigenvalue weighted by molar-refractivity contribution is 6.19. The summed E-state index contributed by atoms with van der Waals surface area (Å²) in [7, 11) is 0. The van der Waals surface area contributed by atoms with Gasteiger partial charge in [-0.3, -0.25) is 0 Å². The predicted octanol–water partition coefficient (Wildman–Crippen LogP) is 23.4. The van der Waals surface area contributed by atoms with Gasteiger partial charge in [-0.2, -0.15) is 18.4 Å². The molecule has 0 radical (unpaired) electrons. The minimum atomic E-state index is -4.71. The number of nitrogens with zero attached hydrogens (tertiary/aromatic N) is 4. The zero-order valence-corrected chi connectivity index (χ0v) is 48.6. The maximum absolute atomic E-state index is 14.4. The zero-order valence-electron chi connectivity index (χ0n) is 48.6. The van der Waals surface area contributed by atoms with Gasteiger partial charge in [0.25, 0.3) is 0 Å². The van der Waals surface area contributed by atoms with Gasteiger partial charge in [-0.25, -0.2) is 4.85 Å². The Morgan fingerprint density at radius 1 is 0.363 bits per heavy atom. The molecule has 0 saturated carbocycles. The summed E-state index contributed by atoms with van der Waals surface area (Å²) >= 11 is 0. The average molecular weight is 1180 g/mol. The van der Waals surface area contributed by atoms with Gasteiger partial charge >= 0.3 is 6.18 Å². The molecule has 0 atom stereocenters. The lowest BCUT2D eigenvalue weighted by molar-refractivity contribution is -0.137. The Morgan fingerprint density at radius 2 is 0.747 bits per heavy atom. The van der Waals surface area contributed by atoms with Crippen molar-refractivity contribution in [3.63, 3.8) is 0 Å². The van der Waals surface area contributed by atoms with E-state index in [0.717, 1.165) is 166 Å². The van der Waals surface area contributed by atoms with E-state index < -0.39 is 17.3 Å². The first-order chi connectivity index (χ1) is 44.5. The smallest absolute Gasteiger partial charge is 0.417 e. The second-order valence-electron chi connectivity index (χ2n) is 23.3. The molecule has 0 aliphatic rings. The van der Waals surface area contributed by atoms with E-state index in [0.29, 0.717) is 16.8 Å². The monoisotopic (exact) mass is 1180 g/mol. The van der Waals surface area contributed by atoms with Crippen molar-refractivity contribution in [3.8, 4) is 84.2 Å². The van der Waals surface area contributed by atoms with Gasteiger partial charge in [0.2, 0.25) is 0 Å². The molecule has 13 aromatic carbocycles. The lowest BCUT2D eigenvalue weighted by Gasteiger charge is -2.20. The molecular weight excluding hydrogens is 1130 g/mol. The molecule has 6 nitrogen and oxygen atoms in total. The highest BCUT2D eigenvalue weighted by Gasteiger charge is 2.34. The van der Waals surface area contributed by atoms with E-state index in [1.54, 1.807) is 12.1 Å². The first-order valence-corrected chi connectivity index (χ1v) is 29.9. The molecule has 0 saturated heterocycles. The van der Waals surface area contributed by atoms with Gasteiger partial charge in [0.1, 0.15) is 22.3 Å². The van der Waals surface area contributed by atoms with E-state index in [9.17, 15) is 18.4 Å². The van der Waals surface area contributed by atoms with Crippen molar-refractivity contribution < 1.29 is 22.0 Å². The largest absolute Gasteiger partial charge is 0.456 e. The van der Waals surface area contributed by atoms with Crippen molar-refractivity contribution in [2.24, 2.45) is 0 Å². The fourth-order valence-electron chi connectivity index (χ4n) is 13.8. The molecule has 0 spiro atoms. The first kappa shape index (κ1) is 53.1. The number of halogens is 3. The third-order valence-electron chi connectivity index (χ3n) is 18.2. The van der Waals surface area contributed by atoms with E-state index in [2.05, 4.69) is 190 Å². The van der Waals surface area contributed by atoms with E-state index in [1.807, 2.05) is 79.7 Å². The molecule has 4 heterocycles. The van der Waals surface area contributed by atoms with Crippen LogP contribution in [-0.4, -0.2) is 9.13 Å². The number of benzene rings is 13. The Labute approximate surface area is 519 Å². The van der Waals surface area contributed by atoms with Gasteiger partial charge < -0.3 is 18.0 Å². The van der Waals surface area contributed by atoms with Crippen molar-refractivity contribution in [1.82, 2.24) is 9.13 Å². The molecule has 0 fully saturated rings. The lowest BCUT2D eigenvalue weighted by Crippen LogP contribution is -2.07. The summed E-state index contributed by atoms with van der Waals surface area (Å²) < 4.78 is 60.6. The van der Waals surface area contributed by atoms with Crippen molar-refractivity contribution in [3.05, 3.63) is 295 Å². The summed E-state index contributed by atoms with van der Waals surface area (Å²) in [5.41, 5.74) is 20.1. The van der Waals surface area contributed by atoms with E-state index in [4.69, 9.17) is 15.4 Å². The van der Waals surface area contributed by atoms with Gasteiger partial charge in [-0.05, 0) is 164 Å². The Kier molecular flexibility index (Phi) is 11.9. The third kappa shape index (κ3) is 8.62. The Morgan fingerprint density at radius 3 is 1.18 bits per heavy atom. The number of hydrogen-bond donors (Lipinski definition) is 0. The van der Waals surface area contributed by atoms with Gasteiger partial charge in [0, 0.05) is 66.6 Å². The minimum absolute atomic E-state index is 0.349. The highest BCUT2D eigenvalue weighted by Crippen LogP contribution is 2.46. The van der Waals surface area contributed by atoms with Crippen LogP contribution in [0.5, 0.6) is 0 Å². The van der Waals surface area contributed by atoms with Crippen molar-refractivity contribution in [1.29, 1.82) is 5.26 Å². The van der Waals surface area contributed by atoms with Crippen molar-refractivity contribution in [2.75, 3.05) is 0 Å². The van der Waals surface area contributed by atoms with Gasteiger partial charge in [-0.15, -0.1) is 0 Å². The van der Waals surface area contributed by atoms with Gasteiger partial charge in [0.15, 0.2) is 5.69 Å². The fraction of sp³-hybridized carbons (Fsp3) is 0.0244. The quantitative estimate of drug-likeness (QED) is 0.142. The number of aromatic nitrogens is 2. The number of fused-ring (bicyclic) bond motifs is 12. The number of para-hydroxylation sites is 4. The number of alkyl halides is 3. The summed E-state index contributed by atoms with van der Waals surface area (Å²) in [5.74, 6) is 0. The predicted molar refractivity (Wildman–Crippen MR) is 363 cm³/mol. The molecule has 91 heavy (non-hydrogen) atoms. The molecule has 0 unspecified atom stereocenters. The molecule has 9 heteroatoms. The van der Waals surface area contributed by atoms with Crippen LogP contribution in [0, 0.1) is 24.8 Å². The number of aryl methyl sites for hydroxylation is 1. The fourth-order valence-corrected chi connectivity index (χ4v) is 13.8. The molecule has 0 aliphatic carbocycles. The van der Waals surface area contributed by atoms with Crippen molar-refractivity contribution in [2.45, 2.75) is 13.1 Å². The van der Waals surface area contributed by atoms with Crippen LogP contribution in [0.2, 0.25) is 0 Å². The molecule has 17 rings (SSSR count). The van der Waals surface area contributed by atoms with Crippen LogP contribution in [0.3, 0.4) is 0 Å². The third-order valence-corrected chi connectivity index (χ3v) is 18.2. The molecule has 17 aromatic rings. The van der Waals surface area contributed by atoms with Crippen molar-refractivity contribution >= 4 is 93.2 Å². The maximum Gasteiger partial charge on any atom is 0.417 e. The summed E-state index contributed by atoms with van der Waals surface area (Å²) in [6.07, 6.45) is -4.71. The summed E-state index contributed by atoms with van der Waals surface area (Å²) in [5, 5.41) is 18.4. The van der Waals surface area contributed by atoms with E-state index in [-0.39, 0.29) is 0 Å². The van der Waals surface area contributed by atoms with Crippen LogP contribution in [0.25, 0.3) is 170 Å². The molecule has 428 valence electrons. The molecule has 4 aromatic heterocycles. The SMILES string of the molecule is [C-]#[N+]c1ccc(-c2ccc(-c3cc(-c4ccc(-n5c6ccccc6c6cc7c(cc65)oc5ccccc57)cc4)c(-c4ccc(-c5ccc(C#N)c(C(F)(F)F)c5)cc4)cc3-c3ccc(-n4c5ccccc5c5cc6c(cc54)oc4ccccc46)cc3)cc2)cc1C. The zero-order chi connectivity index (χ0) is 61.2. The van der Waals surface area contributed by atoms with Crippen LogP contribution < -0.4 is 0 Å². The summed E-state index contributed by atoms with van der Waals surface area (Å²) in [4.78, 5) is 3.71. The highest BCUT2D eigenvalue weighted by atomic mass is 19.4.